The average molecular weight is 266 g/mol. The molecule has 1 saturated heterocycles. The minimum absolute atomic E-state index is 0.0693. The molecule has 1 aliphatic heterocycles. The molecule has 0 bridgehead atoms. The van der Waals surface area contributed by atoms with Crippen molar-refractivity contribution in [3.63, 3.8) is 0 Å². The topological polar surface area (TPSA) is 65.1 Å². The third-order valence-corrected chi connectivity index (χ3v) is 4.39. The fourth-order valence-electron chi connectivity index (χ4n) is 3.26. The van der Waals surface area contributed by atoms with Crippen molar-refractivity contribution in [2.45, 2.75) is 58.9 Å². The van der Waals surface area contributed by atoms with Crippen LogP contribution in [0.25, 0.3) is 0 Å². The Kier molecular flexibility index (Phi) is 4.28. The van der Waals surface area contributed by atoms with E-state index in [4.69, 9.17) is 10.6 Å². The van der Waals surface area contributed by atoms with Crippen LogP contribution in [0.4, 0.5) is 0 Å². The van der Waals surface area contributed by atoms with Crippen molar-refractivity contribution in [1.82, 2.24) is 15.2 Å². The molecule has 2 heterocycles. The van der Waals surface area contributed by atoms with Crippen LogP contribution in [0.2, 0.25) is 0 Å². The van der Waals surface area contributed by atoms with Crippen LogP contribution in [0.3, 0.4) is 0 Å². The molecule has 2 rings (SSSR count). The number of ether oxygens (including phenoxy) is 1. The van der Waals surface area contributed by atoms with Gasteiger partial charge in [-0.2, -0.15) is 5.10 Å². The first-order chi connectivity index (χ1) is 8.97. The highest BCUT2D eigenvalue weighted by Crippen LogP contribution is 2.40. The molecule has 5 atom stereocenters. The van der Waals surface area contributed by atoms with Crippen LogP contribution in [0, 0.1) is 11.8 Å². The van der Waals surface area contributed by atoms with E-state index in [1.54, 1.807) is 0 Å². The zero-order valence-corrected chi connectivity index (χ0v) is 12.5. The first kappa shape index (κ1) is 14.5. The third kappa shape index (κ3) is 2.55. The van der Waals surface area contributed by atoms with Gasteiger partial charge in [0.25, 0.3) is 0 Å². The van der Waals surface area contributed by atoms with Gasteiger partial charge in [-0.1, -0.05) is 6.92 Å². The summed E-state index contributed by atoms with van der Waals surface area (Å²) in [6, 6.07) is 2.44. The molecule has 0 radical (unpaired) electrons. The summed E-state index contributed by atoms with van der Waals surface area (Å²) >= 11 is 0. The summed E-state index contributed by atoms with van der Waals surface area (Å²) < 4.78 is 7.98. The monoisotopic (exact) mass is 266 g/mol. The highest BCUT2D eigenvalue weighted by Gasteiger charge is 2.42. The van der Waals surface area contributed by atoms with Gasteiger partial charge in [0.1, 0.15) is 0 Å². The molecule has 0 aliphatic carbocycles. The minimum Gasteiger partial charge on any atom is -0.375 e. The molecule has 1 fully saturated rings. The maximum atomic E-state index is 5.94. The zero-order chi connectivity index (χ0) is 14.2. The van der Waals surface area contributed by atoms with Gasteiger partial charge in [0.05, 0.1) is 23.9 Å². The standard InChI is InChI=1S/C14H26N4O/c1-8(2)18-12(6-7-16-18)14(17-15)13-9(3)10(4)19-11(13)5/h6-11,13-14,17H,15H2,1-5H3. The molecule has 108 valence electrons. The minimum atomic E-state index is 0.0693. The molecule has 5 unspecified atom stereocenters. The molecule has 0 saturated carbocycles. The van der Waals surface area contributed by atoms with Crippen molar-refractivity contribution in [3.8, 4) is 0 Å². The molecule has 0 amide bonds. The zero-order valence-electron chi connectivity index (χ0n) is 12.5. The van der Waals surface area contributed by atoms with Crippen LogP contribution in [0.5, 0.6) is 0 Å². The molecular weight excluding hydrogens is 240 g/mol. The molecule has 0 aromatic carbocycles. The fourth-order valence-corrected chi connectivity index (χ4v) is 3.26. The van der Waals surface area contributed by atoms with Gasteiger partial charge in [0.2, 0.25) is 0 Å². The summed E-state index contributed by atoms with van der Waals surface area (Å²) in [5.74, 6) is 6.66. The Morgan fingerprint density at radius 1 is 1.32 bits per heavy atom. The summed E-state index contributed by atoms with van der Waals surface area (Å²) in [5, 5.41) is 4.41. The van der Waals surface area contributed by atoms with Crippen molar-refractivity contribution in [1.29, 1.82) is 0 Å². The van der Waals surface area contributed by atoms with Gasteiger partial charge >= 0.3 is 0 Å². The average Bonchev–Trinajstić information content (AvgIpc) is 2.91. The first-order valence-electron chi connectivity index (χ1n) is 7.12. The Balaban J connectivity index is 2.32. The molecule has 0 spiro atoms. The van der Waals surface area contributed by atoms with Crippen LogP contribution < -0.4 is 11.3 Å². The van der Waals surface area contributed by atoms with Gasteiger partial charge in [-0.05, 0) is 39.7 Å². The number of rotatable bonds is 4. The predicted octanol–water partition coefficient (Wildman–Crippen LogP) is 2.03. The van der Waals surface area contributed by atoms with E-state index in [-0.39, 0.29) is 18.2 Å². The first-order valence-corrected chi connectivity index (χ1v) is 7.12. The number of nitrogens with two attached hydrogens (primary N) is 1. The molecule has 19 heavy (non-hydrogen) atoms. The van der Waals surface area contributed by atoms with Crippen molar-refractivity contribution >= 4 is 0 Å². The van der Waals surface area contributed by atoms with Gasteiger partial charge in [-0.15, -0.1) is 0 Å². The summed E-state index contributed by atoms with van der Waals surface area (Å²) in [7, 11) is 0. The van der Waals surface area contributed by atoms with Gasteiger partial charge in [-0.25, -0.2) is 0 Å². The van der Waals surface area contributed by atoms with E-state index in [1.807, 2.05) is 16.9 Å². The van der Waals surface area contributed by atoms with E-state index in [0.29, 0.717) is 17.9 Å². The van der Waals surface area contributed by atoms with Gasteiger partial charge in [0, 0.05) is 18.2 Å². The molecule has 5 nitrogen and oxygen atoms in total. The van der Waals surface area contributed by atoms with Crippen LogP contribution >= 0.6 is 0 Å². The lowest BCUT2D eigenvalue weighted by molar-refractivity contribution is 0.0470. The Morgan fingerprint density at radius 2 is 2.00 bits per heavy atom. The lowest BCUT2D eigenvalue weighted by atomic mass is 9.82. The Morgan fingerprint density at radius 3 is 2.47 bits per heavy atom. The van der Waals surface area contributed by atoms with E-state index in [0.717, 1.165) is 5.69 Å². The summed E-state index contributed by atoms with van der Waals surface area (Å²) in [4.78, 5) is 0. The van der Waals surface area contributed by atoms with Crippen LogP contribution in [-0.2, 0) is 4.74 Å². The van der Waals surface area contributed by atoms with Gasteiger partial charge in [0.15, 0.2) is 0 Å². The van der Waals surface area contributed by atoms with Gasteiger partial charge in [-0.3, -0.25) is 16.0 Å². The van der Waals surface area contributed by atoms with Crippen molar-refractivity contribution in [2.75, 3.05) is 0 Å². The summed E-state index contributed by atoms with van der Waals surface area (Å²) in [6.45, 7) is 10.8. The van der Waals surface area contributed by atoms with Crippen LogP contribution in [0.15, 0.2) is 12.3 Å². The molecule has 1 aromatic heterocycles. The predicted molar refractivity (Wildman–Crippen MR) is 75.3 cm³/mol. The Hall–Kier alpha value is -0.910. The van der Waals surface area contributed by atoms with Gasteiger partial charge < -0.3 is 4.74 Å². The lowest BCUT2D eigenvalue weighted by Crippen LogP contribution is -2.40. The Labute approximate surface area is 115 Å². The summed E-state index contributed by atoms with van der Waals surface area (Å²) in [5.41, 5.74) is 4.12. The molecule has 1 aromatic rings. The van der Waals surface area contributed by atoms with E-state index in [1.165, 1.54) is 0 Å². The highest BCUT2D eigenvalue weighted by atomic mass is 16.5. The van der Waals surface area contributed by atoms with Crippen molar-refractivity contribution < 1.29 is 4.74 Å². The maximum Gasteiger partial charge on any atom is 0.0685 e. The Bertz CT molecular complexity index is 417. The van der Waals surface area contributed by atoms with Crippen LogP contribution in [-0.4, -0.2) is 22.0 Å². The molecule has 3 N–H and O–H groups in total. The smallest absolute Gasteiger partial charge is 0.0685 e. The van der Waals surface area contributed by atoms with E-state index >= 15 is 0 Å². The maximum absolute atomic E-state index is 5.94. The fraction of sp³-hybridized carbons (Fsp3) is 0.786. The lowest BCUT2D eigenvalue weighted by Gasteiger charge is -2.29. The second-order valence-electron chi connectivity index (χ2n) is 5.92. The summed E-state index contributed by atoms with van der Waals surface area (Å²) in [6.07, 6.45) is 2.31. The highest BCUT2D eigenvalue weighted by molar-refractivity contribution is 5.11. The SMILES string of the molecule is CC1OC(C)C(C(NN)c2ccnn2C(C)C)C1C. The van der Waals surface area contributed by atoms with E-state index < -0.39 is 0 Å². The number of nitrogens with zero attached hydrogens (tertiary/aromatic N) is 2. The molecule has 5 heteroatoms. The van der Waals surface area contributed by atoms with E-state index in [9.17, 15) is 0 Å². The van der Waals surface area contributed by atoms with Crippen molar-refractivity contribution in [3.05, 3.63) is 18.0 Å². The molecule has 1 aliphatic rings. The number of hydrazine groups is 1. The normalized spacial score (nSPS) is 33.0. The molecular formula is C14H26N4O. The van der Waals surface area contributed by atoms with Crippen LogP contribution in [0.1, 0.15) is 52.4 Å². The largest absolute Gasteiger partial charge is 0.375 e. The second kappa shape index (κ2) is 5.61. The number of hydrogen-bond donors (Lipinski definition) is 2. The second-order valence-corrected chi connectivity index (χ2v) is 5.92. The number of aromatic nitrogens is 2. The quantitative estimate of drug-likeness (QED) is 0.646. The van der Waals surface area contributed by atoms with Crippen molar-refractivity contribution in [2.24, 2.45) is 17.7 Å². The number of hydrogen-bond acceptors (Lipinski definition) is 4. The number of nitrogens with one attached hydrogen (secondary N) is 1. The third-order valence-electron chi connectivity index (χ3n) is 4.39. The van der Waals surface area contributed by atoms with E-state index in [2.05, 4.69) is 45.1 Å².